The van der Waals surface area contributed by atoms with Gasteiger partial charge in [0.25, 0.3) is 0 Å². The Kier molecular flexibility index (Phi) is 1.54. The minimum atomic E-state index is -0.0481. The minimum Gasteiger partial charge on any atom is -0.469 e. The van der Waals surface area contributed by atoms with Crippen molar-refractivity contribution < 1.29 is 9.53 Å². The van der Waals surface area contributed by atoms with Crippen molar-refractivity contribution in [3.05, 3.63) is 0 Å². The normalized spacial score (nSPS) is 41.4. The summed E-state index contributed by atoms with van der Waals surface area (Å²) in [5.41, 5.74) is 0.383. The number of methoxy groups -OCH3 is 1. The van der Waals surface area contributed by atoms with E-state index in [1.165, 1.54) is 7.11 Å². The Hall–Kier alpha value is -0.465. The third kappa shape index (κ3) is 0.853. The number of carbonyl (C=O) groups excluding carboxylic acids is 1. The first-order valence-corrected chi connectivity index (χ1v) is 4.50. The summed E-state index contributed by atoms with van der Waals surface area (Å²) in [5.74, 6) is 1.33. The Morgan fingerprint density at radius 2 is 2.25 bits per heavy atom. The molecule has 1 radical (unpaired) electrons. The molecule has 1 aliphatic heterocycles. The molecule has 0 aromatic rings. The molecule has 0 aromatic carbocycles. The van der Waals surface area contributed by atoms with Gasteiger partial charge in [0.1, 0.15) is 7.28 Å². The number of hydrogen-bond donors (Lipinski definition) is 0. The molecule has 1 heterocycles. The maximum atomic E-state index is 11.3. The summed E-state index contributed by atoms with van der Waals surface area (Å²) in [4.78, 5) is 11.3. The molecule has 2 rings (SSSR count). The van der Waals surface area contributed by atoms with Gasteiger partial charge in [0, 0.05) is 5.82 Å². The van der Waals surface area contributed by atoms with Gasteiger partial charge in [0.05, 0.1) is 7.11 Å². The highest BCUT2D eigenvalue weighted by molar-refractivity contribution is 6.45. The topological polar surface area (TPSA) is 26.3 Å². The van der Waals surface area contributed by atoms with E-state index in [-0.39, 0.29) is 11.8 Å². The van der Waals surface area contributed by atoms with Crippen molar-refractivity contribution in [2.45, 2.75) is 26.0 Å². The summed E-state index contributed by atoms with van der Waals surface area (Å²) >= 11 is 0. The van der Waals surface area contributed by atoms with Crippen molar-refractivity contribution in [3.63, 3.8) is 0 Å². The Labute approximate surface area is 73.9 Å². The van der Waals surface area contributed by atoms with Crippen LogP contribution in [0, 0.1) is 17.3 Å². The highest BCUT2D eigenvalue weighted by Gasteiger charge is 2.65. The van der Waals surface area contributed by atoms with Crippen LogP contribution in [0.1, 0.15) is 13.8 Å². The van der Waals surface area contributed by atoms with Crippen LogP contribution in [0.15, 0.2) is 0 Å². The number of hydrogen-bond acceptors (Lipinski definition) is 2. The van der Waals surface area contributed by atoms with Gasteiger partial charge in [0.15, 0.2) is 0 Å². The van der Waals surface area contributed by atoms with E-state index in [0.29, 0.717) is 11.3 Å². The van der Waals surface area contributed by atoms with E-state index in [2.05, 4.69) is 21.1 Å². The van der Waals surface area contributed by atoms with Gasteiger partial charge >= 0.3 is 5.97 Å². The summed E-state index contributed by atoms with van der Waals surface area (Å²) < 4.78 is 4.75. The predicted molar refractivity (Wildman–Crippen MR) is 47.1 cm³/mol. The number of ether oxygens (including phenoxy) is 1. The molecule has 0 N–H and O–H groups in total. The second-order valence-electron chi connectivity index (χ2n) is 4.47. The minimum absolute atomic E-state index is 0.0481. The third-order valence-electron chi connectivity index (χ3n) is 3.64. The second-order valence-corrected chi connectivity index (χ2v) is 4.47. The van der Waals surface area contributed by atoms with E-state index in [9.17, 15) is 4.79 Å². The van der Waals surface area contributed by atoms with E-state index >= 15 is 0 Å². The van der Waals surface area contributed by atoms with Crippen molar-refractivity contribution in [1.29, 1.82) is 0 Å². The van der Waals surface area contributed by atoms with Crippen LogP contribution in [0.5, 0.6) is 0 Å². The van der Waals surface area contributed by atoms with E-state index in [0.717, 1.165) is 12.2 Å². The van der Waals surface area contributed by atoms with Gasteiger partial charge in [-0.05, 0) is 17.3 Å². The first-order valence-electron chi connectivity index (χ1n) is 4.50. The summed E-state index contributed by atoms with van der Waals surface area (Å²) in [6.07, 6.45) is 1.09. The smallest absolute Gasteiger partial charge is 0.300 e. The molecule has 1 aliphatic carbocycles. The first-order chi connectivity index (χ1) is 5.59. The summed E-state index contributed by atoms with van der Waals surface area (Å²) in [6, 6.07) is 0. The van der Waals surface area contributed by atoms with Crippen LogP contribution < -0.4 is 0 Å². The van der Waals surface area contributed by atoms with Crippen LogP contribution >= 0.6 is 0 Å². The molecule has 2 aliphatic rings. The summed E-state index contributed by atoms with van der Waals surface area (Å²) in [6.45, 7) is 4.48. The predicted octanol–water partition coefficient (Wildman–Crippen LogP) is 1.36. The zero-order valence-electron chi connectivity index (χ0n) is 7.83. The molecular formula is C9H14BO2. The molecule has 2 fully saturated rings. The van der Waals surface area contributed by atoms with E-state index in [1.54, 1.807) is 0 Å². The second kappa shape index (κ2) is 2.27. The van der Waals surface area contributed by atoms with Gasteiger partial charge in [-0.25, -0.2) is 0 Å². The Balaban J connectivity index is 2.08. The molecule has 1 saturated carbocycles. The molecule has 0 amide bonds. The number of esters is 1. The first kappa shape index (κ1) is 8.15. The van der Waals surface area contributed by atoms with Gasteiger partial charge in [0.2, 0.25) is 0 Å². The van der Waals surface area contributed by atoms with Gasteiger partial charge in [-0.2, -0.15) is 0 Å². The highest BCUT2D eigenvalue weighted by atomic mass is 16.5. The lowest BCUT2D eigenvalue weighted by Gasteiger charge is -2.13. The van der Waals surface area contributed by atoms with E-state index < -0.39 is 0 Å². The lowest BCUT2D eigenvalue weighted by Crippen LogP contribution is -2.18. The fourth-order valence-corrected chi connectivity index (χ4v) is 2.77. The third-order valence-corrected chi connectivity index (χ3v) is 3.64. The Morgan fingerprint density at radius 1 is 1.58 bits per heavy atom. The molecule has 0 aromatic heterocycles. The van der Waals surface area contributed by atoms with Gasteiger partial charge < -0.3 is 4.74 Å². The lowest BCUT2D eigenvalue weighted by atomic mass is 9.61. The number of rotatable bonds is 1. The van der Waals surface area contributed by atoms with Crippen LogP contribution in [0.2, 0.25) is 12.1 Å². The fourth-order valence-electron chi connectivity index (χ4n) is 2.77. The number of carbonyl (C=O) groups is 1. The standard InChI is InChI=1S/C9H14BO2/c1-9(2)5-4-10-7(6(5)9)8(11)12-3/h5-7H,4H2,1-3H3/t5?,6?,7-/m0/s1. The molecule has 0 spiro atoms. The average Bonchev–Trinajstić information content (AvgIpc) is 2.52. The van der Waals surface area contributed by atoms with Crippen molar-refractivity contribution in [2.24, 2.45) is 17.3 Å². The molecule has 65 valence electrons. The van der Waals surface area contributed by atoms with E-state index in [4.69, 9.17) is 4.74 Å². The van der Waals surface area contributed by atoms with Crippen LogP contribution in [-0.2, 0) is 9.53 Å². The summed E-state index contributed by atoms with van der Waals surface area (Å²) in [7, 11) is 3.59. The van der Waals surface area contributed by atoms with Crippen LogP contribution in [-0.4, -0.2) is 20.4 Å². The van der Waals surface area contributed by atoms with Gasteiger partial charge in [-0.1, -0.05) is 20.2 Å². The highest BCUT2D eigenvalue weighted by Crippen LogP contribution is 2.69. The number of fused-ring (bicyclic) bond motifs is 1. The summed E-state index contributed by atoms with van der Waals surface area (Å²) in [5, 5.41) is 0. The van der Waals surface area contributed by atoms with Gasteiger partial charge in [-0.15, -0.1) is 0 Å². The van der Waals surface area contributed by atoms with Gasteiger partial charge in [-0.3, -0.25) is 4.79 Å². The van der Waals surface area contributed by atoms with Crippen LogP contribution in [0.4, 0.5) is 0 Å². The quantitative estimate of drug-likeness (QED) is 0.433. The monoisotopic (exact) mass is 165 g/mol. The Morgan fingerprint density at radius 3 is 2.67 bits per heavy atom. The Bertz CT molecular complexity index is 225. The molecule has 2 unspecified atom stereocenters. The largest absolute Gasteiger partial charge is 0.469 e. The van der Waals surface area contributed by atoms with Crippen molar-refractivity contribution in [2.75, 3.05) is 7.11 Å². The zero-order chi connectivity index (χ0) is 8.93. The van der Waals surface area contributed by atoms with Crippen molar-refractivity contribution in [1.82, 2.24) is 0 Å². The van der Waals surface area contributed by atoms with Crippen molar-refractivity contribution >= 4 is 13.2 Å². The molecule has 3 atom stereocenters. The SMILES string of the molecule is COC(=O)[C@H]1[B]CC2C1C2(C)C. The average molecular weight is 165 g/mol. The molecule has 2 nitrogen and oxygen atoms in total. The molecule has 3 heteroatoms. The van der Waals surface area contributed by atoms with Crippen molar-refractivity contribution in [3.8, 4) is 0 Å². The maximum Gasteiger partial charge on any atom is 0.300 e. The molecule has 1 saturated heterocycles. The van der Waals surface area contributed by atoms with Crippen LogP contribution in [0.3, 0.4) is 0 Å². The molecular weight excluding hydrogens is 151 g/mol. The van der Waals surface area contributed by atoms with E-state index in [1.807, 2.05) is 0 Å². The molecule has 12 heavy (non-hydrogen) atoms. The molecule has 0 bridgehead atoms. The lowest BCUT2D eigenvalue weighted by molar-refractivity contribution is -0.141. The fraction of sp³-hybridized carbons (Fsp3) is 0.889. The maximum absolute atomic E-state index is 11.3. The van der Waals surface area contributed by atoms with Crippen LogP contribution in [0.25, 0.3) is 0 Å². The zero-order valence-corrected chi connectivity index (χ0v) is 7.83.